The number of nitrogens with one attached hydrogen (secondary N) is 1. The monoisotopic (exact) mass is 552 g/mol. The maximum absolute atomic E-state index is 13.6. The molecule has 9 heteroatoms. The topological polar surface area (TPSA) is 78.7 Å². The number of benzene rings is 3. The number of aryl methyl sites for hydroxylation is 1. The number of hydrogen-bond acceptors (Lipinski definition) is 4. The van der Waals surface area contributed by atoms with Crippen LogP contribution in [0.5, 0.6) is 0 Å². The maximum atomic E-state index is 13.6. The van der Waals surface area contributed by atoms with Crippen LogP contribution >= 0.6 is 0 Å². The van der Waals surface area contributed by atoms with Crippen molar-refractivity contribution < 1.29 is 22.8 Å². The van der Waals surface area contributed by atoms with E-state index in [1.165, 1.54) is 36.4 Å². The third-order valence-corrected chi connectivity index (χ3v) is 7.48. The lowest BCUT2D eigenvalue weighted by atomic mass is 9.87. The Morgan fingerprint density at radius 3 is 2.10 bits per heavy atom. The van der Waals surface area contributed by atoms with Crippen molar-refractivity contribution in [3.05, 3.63) is 101 Å². The largest absolute Gasteiger partial charge is 0.368 e. The Hall–Kier alpha value is -3.69. The van der Waals surface area contributed by atoms with Crippen molar-refractivity contribution in [1.29, 1.82) is 0 Å². The molecule has 1 heterocycles. The highest BCUT2D eigenvalue weighted by Crippen LogP contribution is 2.30. The summed E-state index contributed by atoms with van der Waals surface area (Å²) >= 11 is 0. The van der Waals surface area contributed by atoms with Crippen LogP contribution in [0.1, 0.15) is 41.9 Å². The molecule has 1 fully saturated rings. The lowest BCUT2D eigenvalue weighted by Crippen LogP contribution is -2.59. The molecule has 1 atom stereocenters. The Labute approximate surface area is 233 Å². The van der Waals surface area contributed by atoms with Crippen LogP contribution in [0.4, 0.5) is 18.9 Å². The number of carbonyl (C=O) groups excluding carboxylic acids is 2. The van der Waals surface area contributed by atoms with Gasteiger partial charge in [0.25, 0.3) is 0 Å². The first-order valence-corrected chi connectivity index (χ1v) is 13.5. The average molecular weight is 553 g/mol. The highest BCUT2D eigenvalue weighted by Gasteiger charge is 2.31. The minimum atomic E-state index is -0.526. The molecular weight excluding hydrogens is 517 g/mol. The van der Waals surface area contributed by atoms with Crippen molar-refractivity contribution in [2.24, 2.45) is 5.73 Å². The van der Waals surface area contributed by atoms with E-state index in [9.17, 15) is 22.8 Å². The third kappa shape index (κ3) is 7.92. The molecular formula is C31H35F3N4O2. The fourth-order valence-corrected chi connectivity index (χ4v) is 5.26. The van der Waals surface area contributed by atoms with Gasteiger partial charge in [-0.05, 0) is 79.4 Å². The first-order chi connectivity index (χ1) is 19.2. The van der Waals surface area contributed by atoms with Crippen LogP contribution in [0.15, 0.2) is 66.7 Å². The molecule has 1 aliphatic heterocycles. The van der Waals surface area contributed by atoms with Crippen LogP contribution in [-0.2, 0) is 9.59 Å². The molecule has 6 nitrogen and oxygen atoms in total. The van der Waals surface area contributed by atoms with Gasteiger partial charge < -0.3 is 11.1 Å². The van der Waals surface area contributed by atoms with Crippen LogP contribution < -0.4 is 11.1 Å². The molecule has 1 aliphatic rings. The number of carbonyl (C=O) groups is 2. The maximum Gasteiger partial charge on any atom is 0.238 e. The van der Waals surface area contributed by atoms with E-state index in [-0.39, 0.29) is 30.0 Å². The number of primary amides is 1. The van der Waals surface area contributed by atoms with Crippen LogP contribution in [0, 0.1) is 24.4 Å². The lowest BCUT2D eigenvalue weighted by Gasteiger charge is -2.39. The van der Waals surface area contributed by atoms with Gasteiger partial charge in [-0.3, -0.25) is 19.4 Å². The molecule has 4 rings (SSSR count). The molecule has 40 heavy (non-hydrogen) atoms. The number of halogens is 3. The van der Waals surface area contributed by atoms with E-state index in [0.717, 1.165) is 36.0 Å². The minimum Gasteiger partial charge on any atom is -0.368 e. The molecule has 3 N–H and O–H groups in total. The van der Waals surface area contributed by atoms with E-state index in [2.05, 4.69) is 10.2 Å². The Bertz CT molecular complexity index is 1260. The second-order valence-electron chi connectivity index (χ2n) is 10.3. The molecule has 0 radical (unpaired) electrons. The second-order valence-corrected chi connectivity index (χ2v) is 10.3. The van der Waals surface area contributed by atoms with Gasteiger partial charge in [0, 0.05) is 31.2 Å². The first-order valence-electron chi connectivity index (χ1n) is 13.5. The highest BCUT2D eigenvalue weighted by molar-refractivity contribution is 5.93. The fraction of sp³-hybridized carbons (Fsp3) is 0.355. The summed E-state index contributed by atoms with van der Waals surface area (Å²) in [5, 5.41) is 2.75. The fourth-order valence-electron chi connectivity index (χ4n) is 5.26. The Kier molecular flexibility index (Phi) is 9.95. The predicted octanol–water partition coefficient (Wildman–Crippen LogP) is 4.82. The standard InChI is InChI=1S/C31H35F3N4O2/c1-21-5-10-26(34)18-28(21)36-30(39)20-37-16-17-38(29(19-37)31(35)40)15-3-2-4-27(22-6-11-24(32)12-7-22)23-8-13-25(33)14-9-23/h5-14,18,27,29H,2-4,15-17,19-20H2,1H3,(H2,35,40)(H,36,39). The summed E-state index contributed by atoms with van der Waals surface area (Å²) in [4.78, 5) is 28.8. The summed E-state index contributed by atoms with van der Waals surface area (Å²) in [7, 11) is 0. The lowest BCUT2D eigenvalue weighted by molar-refractivity contribution is -0.127. The van der Waals surface area contributed by atoms with Crippen molar-refractivity contribution >= 4 is 17.5 Å². The normalized spacial score (nSPS) is 16.3. The van der Waals surface area contributed by atoms with E-state index in [4.69, 9.17) is 5.73 Å². The third-order valence-electron chi connectivity index (χ3n) is 7.48. The first kappa shape index (κ1) is 29.3. The van der Waals surface area contributed by atoms with Gasteiger partial charge in [0.2, 0.25) is 11.8 Å². The zero-order chi connectivity index (χ0) is 28.6. The Morgan fingerprint density at radius 2 is 1.50 bits per heavy atom. The summed E-state index contributed by atoms with van der Waals surface area (Å²) in [5.41, 5.74) is 8.84. The van der Waals surface area contributed by atoms with Gasteiger partial charge in [0.1, 0.15) is 23.5 Å². The zero-order valence-corrected chi connectivity index (χ0v) is 22.6. The van der Waals surface area contributed by atoms with Gasteiger partial charge in [-0.25, -0.2) is 13.2 Å². The number of anilines is 1. The number of rotatable bonds is 11. The highest BCUT2D eigenvalue weighted by atomic mass is 19.1. The average Bonchev–Trinajstić information content (AvgIpc) is 2.92. The zero-order valence-electron chi connectivity index (χ0n) is 22.6. The van der Waals surface area contributed by atoms with E-state index in [0.29, 0.717) is 31.9 Å². The van der Waals surface area contributed by atoms with E-state index in [1.54, 1.807) is 37.3 Å². The van der Waals surface area contributed by atoms with Crippen molar-refractivity contribution in [1.82, 2.24) is 9.80 Å². The Morgan fingerprint density at radius 1 is 0.900 bits per heavy atom. The molecule has 1 saturated heterocycles. The summed E-state index contributed by atoms with van der Waals surface area (Å²) < 4.78 is 40.6. The smallest absolute Gasteiger partial charge is 0.238 e. The number of piperazine rings is 1. The molecule has 2 amide bonds. The molecule has 0 aromatic heterocycles. The molecule has 3 aromatic rings. The number of amides is 2. The summed E-state index contributed by atoms with van der Waals surface area (Å²) in [5.74, 6) is -1.77. The quantitative estimate of drug-likeness (QED) is 0.334. The molecule has 0 saturated carbocycles. The van der Waals surface area contributed by atoms with Gasteiger partial charge in [0.05, 0.1) is 6.54 Å². The number of hydrogen-bond donors (Lipinski definition) is 2. The summed E-state index contributed by atoms with van der Waals surface area (Å²) in [6.45, 7) is 4.03. The molecule has 212 valence electrons. The van der Waals surface area contributed by atoms with Crippen molar-refractivity contribution in [3.63, 3.8) is 0 Å². The van der Waals surface area contributed by atoms with Gasteiger partial charge >= 0.3 is 0 Å². The molecule has 1 unspecified atom stereocenters. The van der Waals surface area contributed by atoms with Crippen molar-refractivity contribution in [2.75, 3.05) is 38.0 Å². The SMILES string of the molecule is Cc1ccc(F)cc1NC(=O)CN1CCN(CCCCC(c2ccc(F)cc2)c2ccc(F)cc2)C(C(N)=O)C1. The molecule has 0 aliphatic carbocycles. The van der Waals surface area contributed by atoms with E-state index in [1.807, 2.05) is 4.90 Å². The summed E-state index contributed by atoms with van der Waals surface area (Å²) in [6, 6.07) is 16.5. The van der Waals surface area contributed by atoms with Gasteiger partial charge in [-0.1, -0.05) is 36.8 Å². The Balaban J connectivity index is 1.30. The predicted molar refractivity (Wildman–Crippen MR) is 149 cm³/mol. The van der Waals surface area contributed by atoms with Crippen LogP contribution in [-0.4, -0.2) is 60.4 Å². The minimum absolute atomic E-state index is 0.00905. The van der Waals surface area contributed by atoms with Crippen molar-refractivity contribution in [3.8, 4) is 0 Å². The van der Waals surface area contributed by atoms with Crippen molar-refractivity contribution in [2.45, 2.75) is 38.1 Å². The molecule has 3 aromatic carbocycles. The van der Waals surface area contributed by atoms with Gasteiger partial charge in [-0.2, -0.15) is 0 Å². The van der Waals surface area contributed by atoms with E-state index >= 15 is 0 Å². The number of nitrogens with zero attached hydrogens (tertiary/aromatic N) is 2. The van der Waals surface area contributed by atoms with Gasteiger partial charge in [-0.15, -0.1) is 0 Å². The molecule has 0 bridgehead atoms. The number of unbranched alkanes of at least 4 members (excludes halogenated alkanes) is 1. The van der Waals surface area contributed by atoms with E-state index < -0.39 is 17.8 Å². The van der Waals surface area contributed by atoms with Crippen LogP contribution in [0.25, 0.3) is 0 Å². The molecule has 0 spiro atoms. The van der Waals surface area contributed by atoms with Crippen LogP contribution in [0.2, 0.25) is 0 Å². The summed E-state index contributed by atoms with van der Waals surface area (Å²) in [6.07, 6.45) is 2.42. The number of nitrogens with two attached hydrogens (primary N) is 1. The van der Waals surface area contributed by atoms with Crippen LogP contribution in [0.3, 0.4) is 0 Å². The second kappa shape index (κ2) is 13.6. The van der Waals surface area contributed by atoms with Gasteiger partial charge in [0.15, 0.2) is 0 Å².